The molecule has 284 valence electrons. The molecule has 0 radical (unpaired) electrons. The van der Waals surface area contributed by atoms with Crippen LogP contribution in [-0.2, 0) is 41.9 Å². The van der Waals surface area contributed by atoms with E-state index in [-0.39, 0.29) is 24.0 Å². The number of hydrogen-bond donors (Lipinski definition) is 1. The summed E-state index contributed by atoms with van der Waals surface area (Å²) < 4.78 is 46.7. The smallest absolute Gasteiger partial charge is 0.445 e. The number of ether oxygens (including phenoxy) is 3. The number of aliphatic hydroxyl groups is 1. The Morgan fingerprint density at radius 1 is 1.04 bits per heavy atom. The van der Waals surface area contributed by atoms with Crippen molar-refractivity contribution in [3.05, 3.63) is 130 Å². The maximum absolute atomic E-state index is 14.1. The van der Waals surface area contributed by atoms with E-state index in [9.17, 15) is 28.8 Å². The number of benzene rings is 2. The Morgan fingerprint density at radius 2 is 1.65 bits per heavy atom. The molecular formula is C40H42NO12P. The first-order valence-corrected chi connectivity index (χ1v) is 18.5. The van der Waals surface area contributed by atoms with Gasteiger partial charge < -0.3 is 19.3 Å². The van der Waals surface area contributed by atoms with E-state index in [1.807, 2.05) is 64.1 Å². The van der Waals surface area contributed by atoms with E-state index in [2.05, 4.69) is 0 Å². The zero-order valence-corrected chi connectivity index (χ0v) is 31.4. The largest absolute Gasteiger partial charge is 0.475 e. The van der Waals surface area contributed by atoms with Crippen LogP contribution in [0.3, 0.4) is 0 Å². The minimum absolute atomic E-state index is 0.0645. The fourth-order valence-electron chi connectivity index (χ4n) is 5.57. The van der Waals surface area contributed by atoms with Gasteiger partial charge in [-0.3, -0.25) is 18.4 Å². The average Bonchev–Trinajstić information content (AvgIpc) is 3.45. The molecule has 0 fully saturated rings. The molecule has 13 nitrogen and oxygen atoms in total. The summed E-state index contributed by atoms with van der Waals surface area (Å²) >= 11 is 0. The van der Waals surface area contributed by atoms with Gasteiger partial charge in [-0.2, -0.15) is 5.26 Å². The Balaban J connectivity index is 1.59. The number of carbonyl (C=O) groups is 4. The van der Waals surface area contributed by atoms with Gasteiger partial charge in [0.05, 0.1) is 36.8 Å². The summed E-state index contributed by atoms with van der Waals surface area (Å²) in [6.45, 7) is 7.94. The summed E-state index contributed by atoms with van der Waals surface area (Å²) in [5.41, 5.74) is 1.59. The highest BCUT2D eigenvalue weighted by molar-refractivity contribution is 7.48. The maximum Gasteiger partial charge on any atom is 0.475 e. The quantitative estimate of drug-likeness (QED) is 0.0605. The number of phosphoric acid groups is 1. The van der Waals surface area contributed by atoms with Crippen LogP contribution in [0.1, 0.15) is 68.2 Å². The van der Waals surface area contributed by atoms with Gasteiger partial charge in [0.2, 0.25) is 5.76 Å². The van der Waals surface area contributed by atoms with E-state index in [0.717, 1.165) is 11.1 Å². The van der Waals surface area contributed by atoms with Crippen molar-refractivity contribution in [1.29, 1.82) is 5.26 Å². The van der Waals surface area contributed by atoms with Crippen molar-refractivity contribution in [1.82, 2.24) is 0 Å². The molecule has 4 rings (SSSR count). The summed E-state index contributed by atoms with van der Waals surface area (Å²) in [5, 5.41) is 20.3. The Labute approximate surface area is 313 Å². The predicted octanol–water partition coefficient (Wildman–Crippen LogP) is 7.03. The van der Waals surface area contributed by atoms with Crippen molar-refractivity contribution < 1.29 is 56.6 Å². The van der Waals surface area contributed by atoms with Crippen molar-refractivity contribution in [3.63, 3.8) is 0 Å². The third-order valence-corrected chi connectivity index (χ3v) is 9.82. The van der Waals surface area contributed by atoms with Crippen molar-refractivity contribution in [2.45, 2.75) is 65.8 Å². The van der Waals surface area contributed by atoms with Gasteiger partial charge in [-0.15, -0.1) is 0 Å². The number of rotatable bonds is 16. The molecule has 1 heterocycles. The number of allylic oxidation sites excluding steroid dienone is 7. The van der Waals surface area contributed by atoms with Gasteiger partial charge in [0, 0.05) is 0 Å². The van der Waals surface area contributed by atoms with E-state index in [0.29, 0.717) is 5.57 Å². The predicted molar refractivity (Wildman–Crippen MR) is 195 cm³/mol. The lowest BCUT2D eigenvalue weighted by Crippen LogP contribution is -2.38. The third-order valence-electron chi connectivity index (χ3n) is 8.35. The van der Waals surface area contributed by atoms with Crippen molar-refractivity contribution in [2.24, 2.45) is 5.41 Å². The first kappa shape index (κ1) is 41.5. The van der Waals surface area contributed by atoms with Crippen LogP contribution in [-0.4, -0.2) is 60.3 Å². The minimum atomic E-state index is -4.72. The minimum Gasteiger partial charge on any atom is -0.445 e. The van der Waals surface area contributed by atoms with Crippen LogP contribution in [0, 0.1) is 16.7 Å². The number of carbonyl (C=O) groups excluding carboxylic acids is 4. The molecule has 14 heteroatoms. The second-order valence-electron chi connectivity index (χ2n) is 12.9. The van der Waals surface area contributed by atoms with Gasteiger partial charge in [-0.1, -0.05) is 86.2 Å². The van der Waals surface area contributed by atoms with Gasteiger partial charge in [0.25, 0.3) is 5.76 Å². The van der Waals surface area contributed by atoms with Crippen LogP contribution >= 0.6 is 7.82 Å². The molecule has 2 unspecified atom stereocenters. The molecule has 4 atom stereocenters. The number of hydrogen-bond acceptors (Lipinski definition) is 13. The summed E-state index contributed by atoms with van der Waals surface area (Å²) in [4.78, 5) is 52.6. The second kappa shape index (κ2) is 18.7. The van der Waals surface area contributed by atoms with Crippen LogP contribution in [0.2, 0.25) is 0 Å². The molecule has 1 aliphatic carbocycles. The molecule has 0 spiro atoms. The lowest BCUT2D eigenvalue weighted by molar-refractivity contribution is -0.148. The zero-order chi connectivity index (χ0) is 39.5. The number of esters is 3. The molecular weight excluding hydrogens is 717 g/mol. The molecule has 2 aromatic carbocycles. The van der Waals surface area contributed by atoms with Crippen LogP contribution in [0.25, 0.3) is 0 Å². The third kappa shape index (κ3) is 10.7. The number of ketones is 1. The first-order valence-electron chi connectivity index (χ1n) is 17.0. The van der Waals surface area contributed by atoms with Crippen LogP contribution in [0.5, 0.6) is 0 Å². The van der Waals surface area contributed by atoms with Crippen molar-refractivity contribution >= 4 is 31.5 Å². The number of nitriles is 1. The van der Waals surface area contributed by atoms with Gasteiger partial charge in [-0.05, 0) is 68.0 Å². The Kier molecular flexibility index (Phi) is 14.4. The standard InChI is InChI=1S/C40H42NO12P/c1-6-7-15-26(2)20-21-30-27(3)33(43)32(24-40(30,4)5)53-54(47,48-23-14-22-41)49-25-31(42)34-35(51-37(44)28-16-10-8-11-17-28)36(39(46)50-34)52-38(45)29-18-12-9-13-19-29/h6-13,15-21,31-32,34,42H,14,23-25H2,1-5H3/b7-6+,21-20+,26-15+/t31-,32?,34+,54?/m0/s1. The Hall–Kier alpha value is -5.22. The van der Waals surface area contributed by atoms with Crippen molar-refractivity contribution in [2.75, 3.05) is 13.2 Å². The summed E-state index contributed by atoms with van der Waals surface area (Å²) in [6, 6.07) is 17.2. The summed E-state index contributed by atoms with van der Waals surface area (Å²) in [5.74, 6) is -5.09. The van der Waals surface area contributed by atoms with E-state index in [4.69, 9.17) is 33.0 Å². The summed E-state index contributed by atoms with van der Waals surface area (Å²) in [6.07, 6.45) is 4.33. The fourth-order valence-corrected chi connectivity index (χ4v) is 6.90. The lowest BCUT2D eigenvalue weighted by Gasteiger charge is -2.37. The van der Waals surface area contributed by atoms with E-state index < -0.39 is 80.0 Å². The highest BCUT2D eigenvalue weighted by Gasteiger charge is 2.47. The van der Waals surface area contributed by atoms with Gasteiger partial charge in [0.15, 0.2) is 11.9 Å². The Morgan fingerprint density at radius 3 is 2.24 bits per heavy atom. The van der Waals surface area contributed by atoms with E-state index in [1.54, 1.807) is 43.3 Å². The number of aliphatic hydroxyl groups excluding tert-OH is 1. The molecule has 2 aromatic rings. The number of phosphoric ester groups is 1. The zero-order valence-electron chi connectivity index (χ0n) is 30.6. The normalized spacial score (nSPS) is 20.5. The molecule has 1 N–H and O–H groups in total. The molecule has 2 aliphatic rings. The lowest BCUT2D eigenvalue weighted by atomic mass is 9.71. The number of Topliss-reactive ketones (excluding diaryl/α,β-unsaturated/α-hetero) is 1. The maximum atomic E-state index is 14.1. The second-order valence-corrected chi connectivity index (χ2v) is 14.6. The van der Waals surface area contributed by atoms with E-state index >= 15 is 0 Å². The molecule has 1 aliphatic heterocycles. The molecule has 0 amide bonds. The van der Waals surface area contributed by atoms with Crippen LogP contribution in [0.15, 0.2) is 119 Å². The number of nitrogens with zero attached hydrogens (tertiary/aromatic N) is 1. The van der Waals surface area contributed by atoms with Gasteiger partial charge in [0.1, 0.15) is 12.2 Å². The van der Waals surface area contributed by atoms with Crippen LogP contribution < -0.4 is 0 Å². The highest BCUT2D eigenvalue weighted by Crippen LogP contribution is 2.54. The first-order chi connectivity index (χ1) is 25.7. The van der Waals surface area contributed by atoms with Gasteiger partial charge >= 0.3 is 25.7 Å². The molecule has 0 aromatic heterocycles. The van der Waals surface area contributed by atoms with Crippen LogP contribution in [0.4, 0.5) is 0 Å². The average molecular weight is 760 g/mol. The molecule has 0 saturated heterocycles. The SMILES string of the molecule is C/C=C/C=C(C)/C=C/C1=C(C)C(=O)C(OP(=O)(OCCC#N)OC[C@H](O)[C@H]2OC(=O)C(OC(=O)c3ccccc3)=C2OC(=O)c2ccccc2)CC1(C)C. The molecule has 0 saturated carbocycles. The topological polar surface area (TPSA) is 185 Å². The number of cyclic esters (lactones) is 1. The highest BCUT2D eigenvalue weighted by atomic mass is 31.2. The van der Waals surface area contributed by atoms with Gasteiger partial charge in [-0.25, -0.2) is 18.9 Å². The van der Waals surface area contributed by atoms with Crippen molar-refractivity contribution in [3.8, 4) is 6.07 Å². The molecule has 54 heavy (non-hydrogen) atoms. The summed E-state index contributed by atoms with van der Waals surface area (Å²) in [7, 11) is -4.72. The molecule has 0 bridgehead atoms. The Bertz CT molecular complexity index is 1970. The monoisotopic (exact) mass is 759 g/mol. The fraction of sp³-hybridized carbons (Fsp3) is 0.325. The van der Waals surface area contributed by atoms with E-state index in [1.165, 1.54) is 24.3 Å².